The summed E-state index contributed by atoms with van der Waals surface area (Å²) in [4.78, 5) is 20.3. The predicted octanol–water partition coefficient (Wildman–Crippen LogP) is 6.61. The first-order chi connectivity index (χ1) is 19.0. The van der Waals surface area contributed by atoms with E-state index in [1.165, 1.54) is 0 Å². The molecule has 1 aliphatic carbocycles. The first-order valence-electron chi connectivity index (χ1n) is 12.9. The van der Waals surface area contributed by atoms with Crippen LogP contribution in [-0.4, -0.2) is 35.3 Å². The number of aromatic amines is 1. The number of alkyl carbamates (subject to hydrolysis) is 1. The number of amides is 1. The lowest BCUT2D eigenvalue weighted by Crippen LogP contribution is -2.41. The SMILES string of the molecule is COc1cc2c(Nc3ccc4[nH]ccc4c3)ccnc2cc1OCC1(NC(=O)OCc2cccc(C)c2)CC1. The molecule has 2 aromatic heterocycles. The van der Waals surface area contributed by atoms with Gasteiger partial charge >= 0.3 is 6.09 Å². The molecule has 39 heavy (non-hydrogen) atoms. The van der Waals surface area contributed by atoms with E-state index in [1.54, 1.807) is 13.3 Å². The number of hydrogen-bond donors (Lipinski definition) is 3. The number of anilines is 2. The molecule has 0 radical (unpaired) electrons. The summed E-state index contributed by atoms with van der Waals surface area (Å²) in [5, 5.41) is 8.54. The molecule has 8 heteroatoms. The zero-order valence-corrected chi connectivity index (χ0v) is 21.9. The Morgan fingerprint density at radius 2 is 1.95 bits per heavy atom. The van der Waals surface area contributed by atoms with Crippen LogP contribution in [0.2, 0.25) is 0 Å². The van der Waals surface area contributed by atoms with Crippen molar-refractivity contribution in [3.05, 3.63) is 90.3 Å². The molecule has 3 aromatic carbocycles. The number of aromatic nitrogens is 2. The Balaban J connectivity index is 1.14. The van der Waals surface area contributed by atoms with Crippen molar-refractivity contribution in [2.24, 2.45) is 0 Å². The molecule has 8 nitrogen and oxygen atoms in total. The number of nitrogens with zero attached hydrogens (tertiary/aromatic N) is 1. The van der Waals surface area contributed by atoms with Gasteiger partial charge in [0.15, 0.2) is 11.5 Å². The van der Waals surface area contributed by atoms with Crippen LogP contribution in [0.3, 0.4) is 0 Å². The summed E-state index contributed by atoms with van der Waals surface area (Å²) in [7, 11) is 1.62. The van der Waals surface area contributed by atoms with E-state index in [2.05, 4.69) is 26.7 Å². The van der Waals surface area contributed by atoms with Gasteiger partial charge in [0.1, 0.15) is 13.2 Å². The highest BCUT2D eigenvalue weighted by molar-refractivity contribution is 5.96. The van der Waals surface area contributed by atoms with E-state index in [4.69, 9.17) is 14.2 Å². The Kier molecular flexibility index (Phi) is 6.44. The third-order valence-electron chi connectivity index (χ3n) is 7.04. The van der Waals surface area contributed by atoms with E-state index < -0.39 is 11.6 Å². The van der Waals surface area contributed by atoms with E-state index >= 15 is 0 Å². The summed E-state index contributed by atoms with van der Waals surface area (Å²) >= 11 is 0. The van der Waals surface area contributed by atoms with Gasteiger partial charge in [0.05, 0.1) is 18.2 Å². The molecule has 3 N–H and O–H groups in total. The van der Waals surface area contributed by atoms with Gasteiger partial charge in [-0.3, -0.25) is 4.98 Å². The molecule has 0 spiro atoms. The number of H-pyrrole nitrogens is 1. The number of fused-ring (bicyclic) bond motifs is 2. The second kappa shape index (κ2) is 10.2. The van der Waals surface area contributed by atoms with E-state index in [0.717, 1.165) is 57.1 Å². The van der Waals surface area contributed by atoms with Crippen molar-refractivity contribution < 1.29 is 19.0 Å². The average molecular weight is 523 g/mol. The maximum Gasteiger partial charge on any atom is 0.408 e. The molecule has 0 saturated heterocycles. The van der Waals surface area contributed by atoms with E-state index in [0.29, 0.717) is 18.1 Å². The fourth-order valence-electron chi connectivity index (χ4n) is 4.70. The Morgan fingerprint density at radius 3 is 2.77 bits per heavy atom. The van der Waals surface area contributed by atoms with Gasteiger partial charge in [-0.2, -0.15) is 0 Å². The molecular weight excluding hydrogens is 492 g/mol. The van der Waals surface area contributed by atoms with Crippen molar-refractivity contribution >= 4 is 39.3 Å². The third-order valence-corrected chi connectivity index (χ3v) is 7.04. The molecule has 0 aliphatic heterocycles. The Bertz CT molecular complexity index is 1660. The number of rotatable bonds is 9. The predicted molar refractivity (Wildman–Crippen MR) is 152 cm³/mol. The number of hydrogen-bond acceptors (Lipinski definition) is 6. The van der Waals surface area contributed by atoms with Crippen molar-refractivity contribution in [2.75, 3.05) is 19.0 Å². The summed E-state index contributed by atoms with van der Waals surface area (Å²) in [5.74, 6) is 1.17. The lowest BCUT2D eigenvalue weighted by molar-refractivity contribution is 0.128. The third kappa shape index (κ3) is 5.45. The molecule has 2 heterocycles. The number of pyridine rings is 1. The van der Waals surface area contributed by atoms with Crippen LogP contribution in [0.4, 0.5) is 16.2 Å². The zero-order valence-electron chi connectivity index (χ0n) is 21.9. The van der Waals surface area contributed by atoms with Crippen molar-refractivity contribution in [1.29, 1.82) is 0 Å². The second-order valence-electron chi connectivity index (χ2n) is 10.0. The highest BCUT2D eigenvalue weighted by atomic mass is 16.6. The maximum atomic E-state index is 12.5. The smallest absolute Gasteiger partial charge is 0.408 e. The van der Waals surface area contributed by atoms with Crippen molar-refractivity contribution in [2.45, 2.75) is 31.9 Å². The van der Waals surface area contributed by atoms with Crippen LogP contribution in [0.25, 0.3) is 21.8 Å². The van der Waals surface area contributed by atoms with Crippen molar-refractivity contribution in [3.63, 3.8) is 0 Å². The number of nitrogens with one attached hydrogen (secondary N) is 3. The van der Waals surface area contributed by atoms with Gasteiger partial charge in [0.25, 0.3) is 0 Å². The lowest BCUT2D eigenvalue weighted by Gasteiger charge is -2.20. The van der Waals surface area contributed by atoms with E-state index in [9.17, 15) is 4.79 Å². The van der Waals surface area contributed by atoms with Gasteiger partial charge in [-0.1, -0.05) is 29.8 Å². The highest BCUT2D eigenvalue weighted by Crippen LogP contribution is 2.40. The minimum atomic E-state index is -0.447. The topological polar surface area (TPSA) is 97.5 Å². The number of carbonyl (C=O) groups is 1. The van der Waals surface area contributed by atoms with Gasteiger partial charge in [0.2, 0.25) is 0 Å². The standard InChI is InChI=1S/C31H30N4O4/c1-20-4-3-5-21(14-20)18-38-30(36)35-31(10-11-31)19-39-29-17-27-24(16-28(29)37-2)26(9-13-33-27)34-23-6-7-25-22(15-23)8-12-32-25/h3-9,12-17,32H,10-11,18-19H2,1-2H3,(H,33,34)(H,35,36). The molecule has 1 fully saturated rings. The number of methoxy groups -OCH3 is 1. The molecule has 6 rings (SSSR count). The van der Waals surface area contributed by atoms with Gasteiger partial charge in [0, 0.05) is 46.1 Å². The first kappa shape index (κ1) is 24.6. The molecule has 1 amide bonds. The van der Waals surface area contributed by atoms with Crippen molar-refractivity contribution in [1.82, 2.24) is 15.3 Å². The maximum absolute atomic E-state index is 12.5. The molecular formula is C31H30N4O4. The number of aryl methyl sites for hydroxylation is 1. The highest BCUT2D eigenvalue weighted by Gasteiger charge is 2.45. The summed E-state index contributed by atoms with van der Waals surface area (Å²) in [6.07, 6.45) is 4.89. The van der Waals surface area contributed by atoms with E-state index in [-0.39, 0.29) is 6.61 Å². The summed E-state index contributed by atoms with van der Waals surface area (Å²) < 4.78 is 17.3. The van der Waals surface area contributed by atoms with Crippen LogP contribution < -0.4 is 20.1 Å². The Labute approximate surface area is 226 Å². The molecule has 1 saturated carbocycles. The average Bonchev–Trinajstić information content (AvgIpc) is 3.54. The minimum Gasteiger partial charge on any atom is -0.493 e. The quantitative estimate of drug-likeness (QED) is 0.201. The van der Waals surface area contributed by atoms with Crippen LogP contribution in [-0.2, 0) is 11.3 Å². The largest absolute Gasteiger partial charge is 0.493 e. The minimum absolute atomic E-state index is 0.226. The van der Waals surface area contributed by atoms with Gasteiger partial charge < -0.3 is 29.8 Å². The van der Waals surface area contributed by atoms with Crippen LogP contribution in [0.1, 0.15) is 24.0 Å². The van der Waals surface area contributed by atoms with Crippen LogP contribution in [0.15, 0.2) is 79.1 Å². The van der Waals surface area contributed by atoms with Gasteiger partial charge in [-0.05, 0) is 61.7 Å². The fourth-order valence-corrected chi connectivity index (χ4v) is 4.70. The van der Waals surface area contributed by atoms with E-state index in [1.807, 2.05) is 73.8 Å². The van der Waals surface area contributed by atoms with Crippen LogP contribution >= 0.6 is 0 Å². The molecule has 0 atom stereocenters. The van der Waals surface area contributed by atoms with Crippen LogP contribution in [0, 0.1) is 6.92 Å². The zero-order chi connectivity index (χ0) is 26.8. The molecule has 0 unspecified atom stereocenters. The van der Waals surface area contributed by atoms with Gasteiger partial charge in [-0.25, -0.2) is 4.79 Å². The second-order valence-corrected chi connectivity index (χ2v) is 10.0. The normalized spacial score (nSPS) is 13.7. The summed E-state index contributed by atoms with van der Waals surface area (Å²) in [6, 6.07) is 21.9. The monoisotopic (exact) mass is 522 g/mol. The first-order valence-corrected chi connectivity index (χ1v) is 12.9. The molecule has 1 aliphatic rings. The molecule has 0 bridgehead atoms. The number of ether oxygens (including phenoxy) is 3. The fraction of sp³-hybridized carbons (Fsp3) is 0.226. The van der Waals surface area contributed by atoms with Crippen LogP contribution in [0.5, 0.6) is 11.5 Å². The lowest BCUT2D eigenvalue weighted by atomic mass is 10.1. The number of benzene rings is 3. The number of carbonyl (C=O) groups excluding carboxylic acids is 1. The summed E-state index contributed by atoms with van der Waals surface area (Å²) in [6.45, 7) is 2.55. The molecule has 5 aromatic rings. The summed E-state index contributed by atoms with van der Waals surface area (Å²) in [5.41, 5.74) is 5.39. The van der Waals surface area contributed by atoms with Crippen molar-refractivity contribution in [3.8, 4) is 11.5 Å². The Morgan fingerprint density at radius 1 is 1.05 bits per heavy atom. The van der Waals surface area contributed by atoms with Gasteiger partial charge in [-0.15, -0.1) is 0 Å². The Hall–Kier alpha value is -4.72. The molecule has 198 valence electrons.